The van der Waals surface area contributed by atoms with Gasteiger partial charge in [-0.2, -0.15) is 0 Å². The first-order chi connectivity index (χ1) is 9.10. The van der Waals surface area contributed by atoms with Crippen LogP contribution < -0.4 is 0 Å². The van der Waals surface area contributed by atoms with Crippen molar-refractivity contribution in [2.45, 2.75) is 25.9 Å². The number of aliphatic hydroxyl groups is 1. The first-order valence-corrected chi connectivity index (χ1v) is 7.34. The number of aromatic nitrogens is 1. The molecule has 1 unspecified atom stereocenters. The van der Waals surface area contributed by atoms with Crippen molar-refractivity contribution in [3.05, 3.63) is 62.8 Å². The first-order valence-electron chi connectivity index (χ1n) is 6.17. The van der Waals surface area contributed by atoms with E-state index in [0.717, 1.165) is 22.2 Å². The van der Waals surface area contributed by atoms with Crippen molar-refractivity contribution in [1.82, 2.24) is 4.98 Å². The summed E-state index contributed by atoms with van der Waals surface area (Å²) in [5, 5.41) is 10.8. The van der Waals surface area contributed by atoms with Crippen LogP contribution in [0.2, 0.25) is 5.02 Å². The van der Waals surface area contributed by atoms with Crippen LogP contribution in [0.25, 0.3) is 0 Å². The Hall–Kier alpha value is -0.900. The molecule has 1 atom stereocenters. The maximum Gasteiger partial charge on any atom is 0.0860 e. The van der Waals surface area contributed by atoms with Crippen LogP contribution >= 0.6 is 27.5 Å². The zero-order valence-electron chi connectivity index (χ0n) is 10.6. The first kappa shape index (κ1) is 14.5. The Bertz CT molecular complexity index is 557. The summed E-state index contributed by atoms with van der Waals surface area (Å²) in [6, 6.07) is 9.46. The average molecular weight is 341 g/mol. The molecule has 0 amide bonds. The molecular formula is C15H15BrClNO. The maximum atomic E-state index is 10.3. The predicted molar refractivity (Wildman–Crippen MR) is 81.4 cm³/mol. The van der Waals surface area contributed by atoms with Gasteiger partial charge in [0.25, 0.3) is 0 Å². The van der Waals surface area contributed by atoms with E-state index >= 15 is 0 Å². The fourth-order valence-corrected chi connectivity index (χ4v) is 2.49. The summed E-state index contributed by atoms with van der Waals surface area (Å²) in [5.74, 6) is 0. The summed E-state index contributed by atoms with van der Waals surface area (Å²) >= 11 is 9.49. The molecule has 0 radical (unpaired) electrons. The second-order valence-corrected chi connectivity index (χ2v) is 5.72. The van der Waals surface area contributed by atoms with Crippen LogP contribution in [0.4, 0.5) is 0 Å². The van der Waals surface area contributed by atoms with E-state index in [1.54, 1.807) is 6.07 Å². The molecule has 2 nitrogen and oxygen atoms in total. The van der Waals surface area contributed by atoms with E-state index in [0.29, 0.717) is 11.4 Å². The highest BCUT2D eigenvalue weighted by molar-refractivity contribution is 9.10. The second kappa shape index (κ2) is 6.51. The number of hydrogen-bond acceptors (Lipinski definition) is 2. The van der Waals surface area contributed by atoms with Gasteiger partial charge in [-0.15, -0.1) is 0 Å². The van der Waals surface area contributed by atoms with Gasteiger partial charge in [-0.3, -0.25) is 4.98 Å². The van der Waals surface area contributed by atoms with E-state index in [-0.39, 0.29) is 0 Å². The minimum Gasteiger partial charge on any atom is -0.388 e. The van der Waals surface area contributed by atoms with Crippen molar-refractivity contribution in [2.24, 2.45) is 0 Å². The molecule has 1 N–H and O–H groups in total. The molecule has 0 aliphatic heterocycles. The number of halogens is 2. The molecule has 0 aliphatic carbocycles. The van der Waals surface area contributed by atoms with Crippen molar-refractivity contribution in [3.63, 3.8) is 0 Å². The Kier molecular flexibility index (Phi) is 4.97. The summed E-state index contributed by atoms with van der Waals surface area (Å²) in [4.78, 5) is 4.35. The summed E-state index contributed by atoms with van der Waals surface area (Å²) in [6.07, 6.45) is 2.63. The lowest BCUT2D eigenvalue weighted by Gasteiger charge is -2.13. The number of pyridine rings is 1. The highest BCUT2D eigenvalue weighted by atomic mass is 79.9. The molecular weight excluding hydrogens is 326 g/mol. The van der Waals surface area contributed by atoms with Crippen LogP contribution in [-0.4, -0.2) is 10.1 Å². The maximum absolute atomic E-state index is 10.3. The zero-order chi connectivity index (χ0) is 13.8. The van der Waals surface area contributed by atoms with Gasteiger partial charge in [0.1, 0.15) is 0 Å². The topological polar surface area (TPSA) is 33.1 Å². The fraction of sp³-hybridized carbons (Fsp3) is 0.267. The van der Waals surface area contributed by atoms with Crippen LogP contribution in [0, 0.1) is 0 Å². The van der Waals surface area contributed by atoms with Crippen molar-refractivity contribution in [1.29, 1.82) is 0 Å². The summed E-state index contributed by atoms with van der Waals surface area (Å²) < 4.78 is 0.903. The Morgan fingerprint density at radius 3 is 2.74 bits per heavy atom. The molecule has 0 spiro atoms. The van der Waals surface area contributed by atoms with Crippen molar-refractivity contribution < 1.29 is 5.11 Å². The van der Waals surface area contributed by atoms with Gasteiger partial charge in [0.2, 0.25) is 0 Å². The average Bonchev–Trinajstić information content (AvgIpc) is 2.42. The van der Waals surface area contributed by atoms with E-state index in [1.807, 2.05) is 30.5 Å². The van der Waals surface area contributed by atoms with Gasteiger partial charge in [0.15, 0.2) is 0 Å². The van der Waals surface area contributed by atoms with Crippen molar-refractivity contribution in [3.8, 4) is 0 Å². The predicted octanol–water partition coefficient (Wildman–Crippen LogP) is 4.34. The molecule has 4 heteroatoms. The number of nitrogens with zero attached hydrogens (tertiary/aromatic N) is 1. The van der Waals surface area contributed by atoms with Gasteiger partial charge in [-0.05, 0) is 36.2 Å². The van der Waals surface area contributed by atoms with Crippen LogP contribution in [0.3, 0.4) is 0 Å². The Morgan fingerprint density at radius 2 is 2.11 bits per heavy atom. The molecule has 1 aromatic carbocycles. The molecule has 1 heterocycles. The van der Waals surface area contributed by atoms with E-state index in [9.17, 15) is 5.11 Å². The molecule has 0 saturated heterocycles. The Labute approximate surface area is 126 Å². The van der Waals surface area contributed by atoms with Gasteiger partial charge in [0, 0.05) is 33.4 Å². The van der Waals surface area contributed by atoms with Crippen LogP contribution in [-0.2, 0) is 12.8 Å². The van der Waals surface area contributed by atoms with E-state index in [1.165, 1.54) is 5.56 Å². The third-order valence-corrected chi connectivity index (χ3v) is 3.85. The number of benzene rings is 1. The lowest BCUT2D eigenvalue weighted by molar-refractivity contribution is 0.177. The van der Waals surface area contributed by atoms with Gasteiger partial charge in [0.05, 0.1) is 6.10 Å². The third-order valence-electron chi connectivity index (χ3n) is 3.01. The lowest BCUT2D eigenvalue weighted by atomic mass is 10.0. The summed E-state index contributed by atoms with van der Waals surface area (Å²) in [6.45, 7) is 2.09. The lowest BCUT2D eigenvalue weighted by Crippen LogP contribution is -2.04. The van der Waals surface area contributed by atoms with Crippen LogP contribution in [0.15, 0.2) is 41.0 Å². The van der Waals surface area contributed by atoms with Gasteiger partial charge >= 0.3 is 0 Å². The molecule has 2 aromatic rings. The highest BCUT2D eigenvalue weighted by Gasteiger charge is 2.13. The molecule has 0 bridgehead atoms. The second-order valence-electron chi connectivity index (χ2n) is 4.40. The smallest absolute Gasteiger partial charge is 0.0860 e. The van der Waals surface area contributed by atoms with Crippen molar-refractivity contribution >= 4 is 27.5 Å². The van der Waals surface area contributed by atoms with Gasteiger partial charge in [-0.1, -0.05) is 40.5 Å². The van der Waals surface area contributed by atoms with Gasteiger partial charge in [-0.25, -0.2) is 0 Å². The molecule has 0 fully saturated rings. The summed E-state index contributed by atoms with van der Waals surface area (Å²) in [7, 11) is 0. The number of aliphatic hydroxyl groups excluding tert-OH is 1. The molecule has 2 rings (SSSR count). The summed E-state index contributed by atoms with van der Waals surface area (Å²) in [5.41, 5.74) is 2.77. The largest absolute Gasteiger partial charge is 0.388 e. The van der Waals surface area contributed by atoms with Crippen LogP contribution in [0.5, 0.6) is 0 Å². The number of aryl methyl sites for hydroxylation is 1. The van der Waals surface area contributed by atoms with Gasteiger partial charge < -0.3 is 5.11 Å². The Morgan fingerprint density at radius 1 is 1.32 bits per heavy atom. The van der Waals surface area contributed by atoms with E-state index in [4.69, 9.17) is 11.6 Å². The highest BCUT2D eigenvalue weighted by Crippen LogP contribution is 2.28. The van der Waals surface area contributed by atoms with E-state index < -0.39 is 6.10 Å². The van der Waals surface area contributed by atoms with E-state index in [2.05, 4.69) is 27.8 Å². The molecule has 0 saturated carbocycles. The Balaban J connectivity index is 2.15. The third kappa shape index (κ3) is 3.78. The quantitative estimate of drug-likeness (QED) is 0.898. The molecule has 100 valence electrons. The molecule has 0 aliphatic rings. The molecule has 19 heavy (non-hydrogen) atoms. The standard InChI is InChI=1S/C15H15BrClNO/c1-2-10-3-5-12(18-9-10)8-15(19)13-7-11(16)4-6-14(13)17/h3-7,9,15,19H,2,8H2,1H3. The molecule has 1 aromatic heterocycles. The fourth-order valence-electron chi connectivity index (χ4n) is 1.86. The minimum atomic E-state index is -0.648. The van der Waals surface area contributed by atoms with Crippen LogP contribution in [0.1, 0.15) is 29.8 Å². The normalized spacial score (nSPS) is 12.4. The zero-order valence-corrected chi connectivity index (χ0v) is 12.9. The minimum absolute atomic E-state index is 0.458. The monoisotopic (exact) mass is 339 g/mol. The van der Waals surface area contributed by atoms with Crippen molar-refractivity contribution in [2.75, 3.05) is 0 Å². The number of hydrogen-bond donors (Lipinski definition) is 1. The SMILES string of the molecule is CCc1ccc(CC(O)c2cc(Br)ccc2Cl)nc1. The number of rotatable bonds is 4.